The normalized spacial score (nSPS) is 31.4. The van der Waals surface area contributed by atoms with Gasteiger partial charge in [-0.3, -0.25) is 0 Å². The molecule has 2 aromatic heterocycles. The van der Waals surface area contributed by atoms with Gasteiger partial charge in [0.2, 0.25) is 0 Å². The molecule has 0 saturated heterocycles. The molecule has 0 spiro atoms. The zero-order valence-electron chi connectivity index (χ0n) is 15.5. The molecule has 0 aliphatic heterocycles. The highest BCUT2D eigenvalue weighted by Gasteiger charge is 2.38. The van der Waals surface area contributed by atoms with Crippen LogP contribution >= 0.6 is 0 Å². The van der Waals surface area contributed by atoms with Crippen molar-refractivity contribution in [2.75, 3.05) is 0 Å². The van der Waals surface area contributed by atoms with Gasteiger partial charge in [-0.2, -0.15) is 0 Å². The number of fused-ring (bicyclic) bond motifs is 1. The number of nitrogens with two attached hydrogens (primary N) is 1. The second-order valence-corrected chi connectivity index (χ2v) is 8.44. The minimum atomic E-state index is -1.10. The Labute approximate surface area is 161 Å². The Kier molecular flexibility index (Phi) is 4.30. The molecule has 28 heavy (non-hydrogen) atoms. The fourth-order valence-electron chi connectivity index (χ4n) is 4.74. The number of allylic oxidation sites excluding steroid dienone is 4. The SMILES string of the molecule is NC1CC(n2cc3cnc(C4CC4)nc3c2)CC[C@@H]1C1CC(F)=C(F)C=C1F. The van der Waals surface area contributed by atoms with Crippen LogP contribution in [0.15, 0.2) is 42.1 Å². The molecule has 3 aliphatic carbocycles. The third-order valence-electron chi connectivity index (χ3n) is 6.51. The Morgan fingerprint density at radius 2 is 1.89 bits per heavy atom. The van der Waals surface area contributed by atoms with Crippen molar-refractivity contribution in [1.82, 2.24) is 14.5 Å². The van der Waals surface area contributed by atoms with E-state index < -0.39 is 23.4 Å². The first-order valence-electron chi connectivity index (χ1n) is 10.0. The predicted octanol–water partition coefficient (Wildman–Crippen LogP) is 5.00. The number of rotatable bonds is 3. The van der Waals surface area contributed by atoms with E-state index in [4.69, 9.17) is 5.73 Å². The molecule has 4 atom stereocenters. The number of halogens is 3. The first kappa shape index (κ1) is 17.9. The summed E-state index contributed by atoms with van der Waals surface area (Å²) in [5.74, 6) is -1.97. The summed E-state index contributed by atoms with van der Waals surface area (Å²) in [7, 11) is 0. The lowest BCUT2D eigenvalue weighted by Crippen LogP contribution is -2.41. The van der Waals surface area contributed by atoms with Crippen LogP contribution in [0.3, 0.4) is 0 Å². The van der Waals surface area contributed by atoms with Crippen molar-refractivity contribution in [3.63, 3.8) is 0 Å². The van der Waals surface area contributed by atoms with Crippen molar-refractivity contribution in [1.29, 1.82) is 0 Å². The second-order valence-electron chi connectivity index (χ2n) is 8.44. The fourth-order valence-corrected chi connectivity index (χ4v) is 4.74. The van der Waals surface area contributed by atoms with Gasteiger partial charge in [0.1, 0.15) is 17.5 Å². The van der Waals surface area contributed by atoms with Crippen LogP contribution in [-0.4, -0.2) is 20.6 Å². The molecule has 2 N–H and O–H groups in total. The molecule has 2 heterocycles. The minimum Gasteiger partial charge on any atom is -0.348 e. The average molecular weight is 388 g/mol. The Bertz CT molecular complexity index is 975. The van der Waals surface area contributed by atoms with E-state index in [9.17, 15) is 13.2 Å². The highest BCUT2D eigenvalue weighted by Crippen LogP contribution is 2.44. The number of hydrogen-bond donors (Lipinski definition) is 1. The van der Waals surface area contributed by atoms with Gasteiger partial charge < -0.3 is 10.3 Å². The predicted molar refractivity (Wildman–Crippen MR) is 100 cm³/mol. The van der Waals surface area contributed by atoms with Gasteiger partial charge in [0.25, 0.3) is 0 Å². The summed E-state index contributed by atoms with van der Waals surface area (Å²) in [4.78, 5) is 9.15. The summed E-state index contributed by atoms with van der Waals surface area (Å²) >= 11 is 0. The van der Waals surface area contributed by atoms with E-state index in [2.05, 4.69) is 14.5 Å². The number of aromatic nitrogens is 3. The van der Waals surface area contributed by atoms with Crippen LogP contribution < -0.4 is 5.73 Å². The standard InChI is InChI=1S/C21H23F3N4/c22-16-7-18(24)17(23)6-15(16)14-4-3-13(5-19(14)25)28-9-12-8-26-21(11-1-2-11)27-20(12)10-28/h7-11,13-15,19H,1-6,25H2/t13?,14-,15?,19?/m1/s1. The van der Waals surface area contributed by atoms with Crippen molar-refractivity contribution >= 4 is 10.9 Å². The topological polar surface area (TPSA) is 56.7 Å². The van der Waals surface area contributed by atoms with Crippen molar-refractivity contribution in [2.45, 2.75) is 56.5 Å². The van der Waals surface area contributed by atoms with Crippen LogP contribution in [0.25, 0.3) is 10.9 Å². The van der Waals surface area contributed by atoms with Crippen LogP contribution in [0.5, 0.6) is 0 Å². The van der Waals surface area contributed by atoms with Crippen molar-refractivity contribution in [2.24, 2.45) is 17.6 Å². The molecule has 0 aromatic carbocycles. The van der Waals surface area contributed by atoms with E-state index in [1.807, 2.05) is 18.6 Å². The molecule has 2 saturated carbocycles. The Hall–Kier alpha value is -2.15. The summed E-state index contributed by atoms with van der Waals surface area (Å²) in [6.07, 6.45) is 10.9. The van der Waals surface area contributed by atoms with Gasteiger partial charge >= 0.3 is 0 Å². The highest BCUT2D eigenvalue weighted by molar-refractivity contribution is 5.77. The molecule has 0 amide bonds. The van der Waals surface area contributed by atoms with Crippen LogP contribution in [0.1, 0.15) is 56.3 Å². The molecule has 3 unspecified atom stereocenters. The third-order valence-corrected chi connectivity index (χ3v) is 6.51. The quantitative estimate of drug-likeness (QED) is 0.805. The Balaban J connectivity index is 1.32. The maximum Gasteiger partial charge on any atom is 0.157 e. The molecular formula is C21H23F3N4. The lowest BCUT2D eigenvalue weighted by molar-refractivity contribution is 0.169. The molecule has 0 bridgehead atoms. The van der Waals surface area contributed by atoms with Crippen molar-refractivity contribution in [3.05, 3.63) is 48.0 Å². The largest absolute Gasteiger partial charge is 0.348 e. The molecule has 5 rings (SSSR count). The first-order valence-corrected chi connectivity index (χ1v) is 10.0. The fraction of sp³-hybridized carbons (Fsp3) is 0.524. The lowest BCUT2D eigenvalue weighted by Gasteiger charge is -2.39. The lowest BCUT2D eigenvalue weighted by atomic mass is 9.72. The van der Waals surface area contributed by atoms with Gasteiger partial charge in [0.15, 0.2) is 5.83 Å². The molecular weight excluding hydrogens is 365 g/mol. The summed E-state index contributed by atoms with van der Waals surface area (Å²) < 4.78 is 43.3. The summed E-state index contributed by atoms with van der Waals surface area (Å²) in [5, 5.41) is 1.00. The van der Waals surface area contributed by atoms with Gasteiger partial charge in [-0.25, -0.2) is 23.1 Å². The summed E-state index contributed by atoms with van der Waals surface area (Å²) in [5.41, 5.74) is 7.32. The van der Waals surface area contributed by atoms with Gasteiger partial charge in [0, 0.05) is 60.4 Å². The van der Waals surface area contributed by atoms with Gasteiger partial charge in [0.05, 0.1) is 5.52 Å². The van der Waals surface area contributed by atoms with Gasteiger partial charge in [-0.15, -0.1) is 0 Å². The molecule has 148 valence electrons. The maximum absolute atomic E-state index is 14.2. The smallest absolute Gasteiger partial charge is 0.157 e. The molecule has 3 aliphatic rings. The van der Waals surface area contributed by atoms with Crippen LogP contribution in [0.4, 0.5) is 13.2 Å². The summed E-state index contributed by atoms with van der Waals surface area (Å²) in [6, 6.07) is -0.0759. The van der Waals surface area contributed by atoms with Crippen molar-refractivity contribution in [3.8, 4) is 0 Å². The van der Waals surface area contributed by atoms with Crippen molar-refractivity contribution < 1.29 is 13.2 Å². The molecule has 2 fully saturated rings. The zero-order valence-corrected chi connectivity index (χ0v) is 15.5. The minimum absolute atomic E-state index is 0.183. The third kappa shape index (κ3) is 3.15. The van der Waals surface area contributed by atoms with Crippen LogP contribution in [-0.2, 0) is 0 Å². The Morgan fingerprint density at radius 1 is 1.07 bits per heavy atom. The molecule has 7 heteroatoms. The Morgan fingerprint density at radius 3 is 2.64 bits per heavy atom. The monoisotopic (exact) mass is 388 g/mol. The van der Waals surface area contributed by atoms with E-state index in [1.165, 1.54) is 0 Å². The van der Waals surface area contributed by atoms with E-state index in [-0.39, 0.29) is 24.4 Å². The average Bonchev–Trinajstić information content (AvgIpc) is 3.43. The zero-order chi connectivity index (χ0) is 19.4. The van der Waals surface area contributed by atoms with Gasteiger partial charge in [-0.05, 0) is 38.0 Å². The first-order chi connectivity index (χ1) is 13.5. The maximum atomic E-state index is 14.2. The van der Waals surface area contributed by atoms with E-state index in [0.29, 0.717) is 24.8 Å². The van der Waals surface area contributed by atoms with E-state index in [0.717, 1.165) is 36.0 Å². The van der Waals surface area contributed by atoms with E-state index >= 15 is 0 Å². The second kappa shape index (κ2) is 6.72. The van der Waals surface area contributed by atoms with E-state index in [1.54, 1.807) is 0 Å². The molecule has 2 aromatic rings. The van der Waals surface area contributed by atoms with Crippen LogP contribution in [0, 0.1) is 11.8 Å². The highest BCUT2D eigenvalue weighted by atomic mass is 19.2. The molecule has 0 radical (unpaired) electrons. The van der Waals surface area contributed by atoms with Gasteiger partial charge in [-0.1, -0.05) is 0 Å². The summed E-state index contributed by atoms with van der Waals surface area (Å²) in [6.45, 7) is 0. The number of nitrogens with zero attached hydrogens (tertiary/aromatic N) is 3. The number of hydrogen-bond acceptors (Lipinski definition) is 3. The van der Waals surface area contributed by atoms with Crippen LogP contribution in [0.2, 0.25) is 0 Å². The molecule has 4 nitrogen and oxygen atoms in total.